The molecule has 0 saturated heterocycles. The lowest BCUT2D eigenvalue weighted by molar-refractivity contribution is -0.274. The van der Waals surface area contributed by atoms with Gasteiger partial charge in [0.25, 0.3) is 6.43 Å². The molecule has 1 nitrogen and oxygen atoms in total. The monoisotopic (exact) mass is 322 g/mol. The van der Waals surface area contributed by atoms with Gasteiger partial charge in [0, 0.05) is 16.1 Å². The second-order valence-electron chi connectivity index (χ2n) is 4.12. The molecule has 0 amide bonds. The minimum Gasteiger partial charge on any atom is -0.406 e. The molecule has 112 valence electrons. The van der Waals surface area contributed by atoms with E-state index in [0.717, 1.165) is 24.3 Å². The molecule has 0 bridgehead atoms. The van der Waals surface area contributed by atoms with E-state index in [1.807, 2.05) is 0 Å². The first kappa shape index (κ1) is 15.6. The zero-order valence-electron chi connectivity index (χ0n) is 10.3. The Balaban J connectivity index is 2.42. The maximum atomic E-state index is 12.7. The third-order valence-electron chi connectivity index (χ3n) is 2.62. The first-order chi connectivity index (χ1) is 9.76. The molecule has 0 aliphatic heterocycles. The highest BCUT2D eigenvalue weighted by atomic mass is 35.5. The van der Waals surface area contributed by atoms with Crippen molar-refractivity contribution < 1.29 is 26.7 Å². The molecule has 0 unspecified atom stereocenters. The van der Waals surface area contributed by atoms with E-state index in [-0.39, 0.29) is 21.7 Å². The van der Waals surface area contributed by atoms with Gasteiger partial charge in [-0.3, -0.25) is 0 Å². The predicted molar refractivity (Wildman–Crippen MR) is 68.5 cm³/mol. The zero-order chi connectivity index (χ0) is 15.6. The third kappa shape index (κ3) is 4.07. The molecule has 21 heavy (non-hydrogen) atoms. The van der Waals surface area contributed by atoms with Crippen molar-refractivity contribution in [3.05, 3.63) is 53.1 Å². The van der Waals surface area contributed by atoms with Gasteiger partial charge in [-0.25, -0.2) is 8.78 Å². The normalized spacial score (nSPS) is 11.8. The molecule has 0 fully saturated rings. The highest BCUT2D eigenvalue weighted by Gasteiger charge is 2.31. The predicted octanol–water partition coefficient (Wildman–Crippen LogP) is 5.84. The van der Waals surface area contributed by atoms with Gasteiger partial charge in [0.15, 0.2) is 0 Å². The number of benzene rings is 2. The van der Waals surface area contributed by atoms with Gasteiger partial charge < -0.3 is 4.74 Å². The molecule has 0 saturated carbocycles. The topological polar surface area (TPSA) is 9.23 Å². The van der Waals surface area contributed by atoms with Crippen LogP contribution in [0.4, 0.5) is 22.0 Å². The molecule has 0 spiro atoms. The maximum absolute atomic E-state index is 12.7. The number of hydrogen-bond acceptors (Lipinski definition) is 1. The first-order valence-corrected chi connectivity index (χ1v) is 6.08. The lowest BCUT2D eigenvalue weighted by atomic mass is 10.0. The second kappa shape index (κ2) is 5.89. The van der Waals surface area contributed by atoms with Crippen molar-refractivity contribution in [2.45, 2.75) is 12.8 Å². The smallest absolute Gasteiger partial charge is 0.406 e. The Morgan fingerprint density at radius 1 is 1.00 bits per heavy atom. The summed E-state index contributed by atoms with van der Waals surface area (Å²) in [5, 5.41) is 0.156. The first-order valence-electron chi connectivity index (χ1n) is 5.70. The zero-order valence-corrected chi connectivity index (χ0v) is 11.1. The van der Waals surface area contributed by atoms with Gasteiger partial charge in [0.2, 0.25) is 0 Å². The third-order valence-corrected chi connectivity index (χ3v) is 2.95. The number of halogens is 6. The van der Waals surface area contributed by atoms with Crippen LogP contribution in [0, 0.1) is 0 Å². The van der Waals surface area contributed by atoms with Crippen molar-refractivity contribution in [3.8, 4) is 16.9 Å². The van der Waals surface area contributed by atoms with Crippen molar-refractivity contribution in [1.82, 2.24) is 0 Å². The fourth-order valence-electron chi connectivity index (χ4n) is 1.76. The molecule has 7 heteroatoms. The molecule has 0 atom stereocenters. The number of alkyl halides is 5. The lowest BCUT2D eigenvalue weighted by Crippen LogP contribution is -2.17. The molecule has 0 aliphatic carbocycles. The Morgan fingerprint density at radius 3 is 2.33 bits per heavy atom. The quantitative estimate of drug-likeness (QED) is 0.645. The van der Waals surface area contributed by atoms with Crippen LogP contribution in [0.5, 0.6) is 5.75 Å². The minimum atomic E-state index is -4.83. The molecular formula is C14H8ClF5O. The highest BCUT2D eigenvalue weighted by Crippen LogP contribution is 2.34. The van der Waals surface area contributed by atoms with Crippen LogP contribution in [0.15, 0.2) is 42.5 Å². The van der Waals surface area contributed by atoms with Crippen LogP contribution >= 0.6 is 11.6 Å². The SMILES string of the molecule is FC(F)c1ccc(Cl)c(-c2cccc(OC(F)(F)F)c2)c1. The molecule has 0 heterocycles. The van der Waals surface area contributed by atoms with Crippen LogP contribution in [0.3, 0.4) is 0 Å². The van der Waals surface area contributed by atoms with E-state index >= 15 is 0 Å². The fourth-order valence-corrected chi connectivity index (χ4v) is 1.99. The molecule has 0 radical (unpaired) electrons. The van der Waals surface area contributed by atoms with E-state index in [1.54, 1.807) is 0 Å². The Labute approximate surface area is 121 Å². The van der Waals surface area contributed by atoms with Crippen LogP contribution in [0.1, 0.15) is 12.0 Å². The summed E-state index contributed by atoms with van der Waals surface area (Å²) < 4.78 is 65.7. The maximum Gasteiger partial charge on any atom is 0.573 e. The van der Waals surface area contributed by atoms with Gasteiger partial charge in [-0.05, 0) is 29.8 Å². The van der Waals surface area contributed by atoms with Crippen LogP contribution in [-0.4, -0.2) is 6.36 Å². The average molecular weight is 323 g/mol. The van der Waals surface area contributed by atoms with Gasteiger partial charge in [-0.1, -0.05) is 29.8 Å². The highest BCUT2D eigenvalue weighted by molar-refractivity contribution is 6.33. The lowest BCUT2D eigenvalue weighted by Gasteiger charge is -2.11. The van der Waals surface area contributed by atoms with E-state index in [1.165, 1.54) is 18.2 Å². The number of hydrogen-bond donors (Lipinski definition) is 0. The van der Waals surface area contributed by atoms with E-state index in [4.69, 9.17) is 11.6 Å². The van der Waals surface area contributed by atoms with Crippen LogP contribution in [0.25, 0.3) is 11.1 Å². The molecule has 2 rings (SSSR count). The molecule has 0 aromatic heterocycles. The van der Waals surface area contributed by atoms with Gasteiger partial charge in [-0.15, -0.1) is 13.2 Å². The Hall–Kier alpha value is -1.82. The summed E-state index contributed by atoms with van der Waals surface area (Å²) in [4.78, 5) is 0. The number of ether oxygens (including phenoxy) is 1. The van der Waals surface area contributed by atoms with Crippen molar-refractivity contribution in [2.75, 3.05) is 0 Å². The summed E-state index contributed by atoms with van der Waals surface area (Å²) in [5.74, 6) is -0.446. The van der Waals surface area contributed by atoms with E-state index < -0.39 is 18.5 Å². The van der Waals surface area contributed by atoms with Crippen molar-refractivity contribution in [1.29, 1.82) is 0 Å². The standard InChI is InChI=1S/C14H8ClF5O/c15-12-5-4-9(13(16)17)7-11(12)8-2-1-3-10(6-8)21-14(18,19)20/h1-7,13H. The van der Waals surface area contributed by atoms with Gasteiger partial charge >= 0.3 is 6.36 Å². The van der Waals surface area contributed by atoms with E-state index in [9.17, 15) is 22.0 Å². The molecule has 2 aromatic carbocycles. The summed E-state index contributed by atoms with van der Waals surface area (Å²) in [6.07, 6.45) is -7.52. The van der Waals surface area contributed by atoms with Crippen LogP contribution in [-0.2, 0) is 0 Å². The van der Waals surface area contributed by atoms with E-state index in [0.29, 0.717) is 0 Å². The Bertz CT molecular complexity index is 640. The summed E-state index contributed by atoms with van der Waals surface area (Å²) in [7, 11) is 0. The summed E-state index contributed by atoms with van der Waals surface area (Å²) in [5.41, 5.74) is 0.197. The summed E-state index contributed by atoms with van der Waals surface area (Å²) >= 11 is 5.91. The summed E-state index contributed by atoms with van der Waals surface area (Å²) in [6.45, 7) is 0. The van der Waals surface area contributed by atoms with Crippen molar-refractivity contribution in [2.24, 2.45) is 0 Å². The van der Waals surface area contributed by atoms with Crippen molar-refractivity contribution >= 4 is 11.6 Å². The number of rotatable bonds is 3. The Morgan fingerprint density at radius 2 is 1.71 bits per heavy atom. The minimum absolute atomic E-state index is 0.156. The van der Waals surface area contributed by atoms with Crippen molar-refractivity contribution in [3.63, 3.8) is 0 Å². The van der Waals surface area contributed by atoms with Crippen LogP contribution < -0.4 is 4.74 Å². The fraction of sp³-hybridized carbons (Fsp3) is 0.143. The van der Waals surface area contributed by atoms with Gasteiger partial charge in [0.05, 0.1) is 0 Å². The molecule has 2 aromatic rings. The largest absolute Gasteiger partial charge is 0.573 e. The molecule has 0 N–H and O–H groups in total. The van der Waals surface area contributed by atoms with E-state index in [2.05, 4.69) is 4.74 Å². The van der Waals surface area contributed by atoms with Crippen LogP contribution in [0.2, 0.25) is 5.02 Å². The average Bonchev–Trinajstić information content (AvgIpc) is 2.37. The summed E-state index contributed by atoms with van der Waals surface area (Å²) in [6, 6.07) is 8.55. The molecule has 0 aliphatic rings. The van der Waals surface area contributed by atoms with Gasteiger partial charge in [0.1, 0.15) is 5.75 Å². The second-order valence-corrected chi connectivity index (χ2v) is 4.52. The Kier molecular flexibility index (Phi) is 4.37. The molecular weight excluding hydrogens is 315 g/mol. The van der Waals surface area contributed by atoms with Gasteiger partial charge in [-0.2, -0.15) is 0 Å².